The fourth-order valence-electron chi connectivity index (χ4n) is 2.53. The van der Waals surface area contributed by atoms with E-state index in [9.17, 15) is 8.42 Å². The van der Waals surface area contributed by atoms with Crippen LogP contribution in [0.5, 0.6) is 5.75 Å². The number of anilines is 2. The van der Waals surface area contributed by atoms with Gasteiger partial charge in [-0.15, -0.1) is 0 Å². The Balaban J connectivity index is 1.75. The first-order valence-corrected chi connectivity index (χ1v) is 9.30. The Hall–Kier alpha value is -2.39. The number of benzene rings is 1. The summed E-state index contributed by atoms with van der Waals surface area (Å²) in [6.07, 6.45) is 2.93. The van der Waals surface area contributed by atoms with E-state index in [1.54, 1.807) is 26.2 Å². The molecule has 25 heavy (non-hydrogen) atoms. The van der Waals surface area contributed by atoms with Gasteiger partial charge in [0.05, 0.1) is 43.3 Å². The van der Waals surface area contributed by atoms with Gasteiger partial charge in [-0.25, -0.2) is 18.4 Å². The topological polar surface area (TPSA) is 93.7 Å². The third-order valence-electron chi connectivity index (χ3n) is 3.86. The summed E-state index contributed by atoms with van der Waals surface area (Å²) in [4.78, 5) is 10.6. The van der Waals surface area contributed by atoms with Gasteiger partial charge in [0.1, 0.15) is 5.75 Å². The summed E-state index contributed by atoms with van der Waals surface area (Å²) in [5, 5.41) is 0. The average molecular weight is 364 g/mol. The zero-order chi connectivity index (χ0) is 17.9. The van der Waals surface area contributed by atoms with Crippen LogP contribution in [0.2, 0.25) is 0 Å². The molecule has 3 rings (SSSR count). The van der Waals surface area contributed by atoms with Crippen LogP contribution < -0.4 is 14.4 Å². The van der Waals surface area contributed by atoms with Gasteiger partial charge in [-0.3, -0.25) is 4.72 Å². The second-order valence-corrected chi connectivity index (χ2v) is 7.29. The summed E-state index contributed by atoms with van der Waals surface area (Å²) in [6.45, 7) is 4.49. The number of rotatable bonds is 5. The minimum atomic E-state index is -3.72. The predicted octanol–water partition coefficient (Wildman–Crippen LogP) is 1.43. The maximum Gasteiger partial charge on any atom is 0.262 e. The van der Waals surface area contributed by atoms with Crippen LogP contribution >= 0.6 is 0 Å². The van der Waals surface area contributed by atoms with Crippen LogP contribution in [0, 0.1) is 6.92 Å². The fraction of sp³-hybridized carbons (Fsp3) is 0.375. The molecule has 1 N–H and O–H groups in total. The number of aryl methyl sites for hydroxylation is 1. The molecule has 0 aliphatic carbocycles. The lowest BCUT2D eigenvalue weighted by Gasteiger charge is -2.26. The summed E-state index contributed by atoms with van der Waals surface area (Å²) in [5.41, 5.74) is 1.05. The average Bonchev–Trinajstić information content (AvgIpc) is 2.62. The standard InChI is InChI=1S/C16H20N4O4S/c1-12-9-14(3-4-15(12)23-2)25(21,22)19-13-10-17-16(18-11-13)20-5-7-24-8-6-20/h3-4,9-11,19H,5-8H2,1-2H3. The quantitative estimate of drug-likeness (QED) is 0.858. The molecule has 134 valence electrons. The van der Waals surface area contributed by atoms with Crippen molar-refractivity contribution in [3.8, 4) is 5.75 Å². The van der Waals surface area contributed by atoms with E-state index in [2.05, 4.69) is 14.7 Å². The maximum absolute atomic E-state index is 12.5. The molecular formula is C16H20N4O4S. The van der Waals surface area contributed by atoms with Crippen LogP contribution in [0.4, 0.5) is 11.6 Å². The number of hydrogen-bond donors (Lipinski definition) is 1. The maximum atomic E-state index is 12.5. The van der Waals surface area contributed by atoms with Crippen molar-refractivity contribution in [1.82, 2.24) is 9.97 Å². The zero-order valence-corrected chi connectivity index (χ0v) is 14.9. The van der Waals surface area contributed by atoms with Crippen molar-refractivity contribution in [1.29, 1.82) is 0 Å². The Bertz CT molecular complexity index is 834. The number of sulfonamides is 1. The Morgan fingerprint density at radius 1 is 1.20 bits per heavy atom. The molecule has 0 saturated carbocycles. The first kappa shape index (κ1) is 17.4. The number of nitrogens with one attached hydrogen (secondary N) is 1. The Morgan fingerprint density at radius 2 is 1.88 bits per heavy atom. The van der Waals surface area contributed by atoms with E-state index < -0.39 is 10.0 Å². The summed E-state index contributed by atoms with van der Waals surface area (Å²) in [5.74, 6) is 1.20. The molecule has 0 spiro atoms. The highest BCUT2D eigenvalue weighted by atomic mass is 32.2. The normalized spacial score (nSPS) is 15.0. The Morgan fingerprint density at radius 3 is 2.48 bits per heavy atom. The molecule has 0 amide bonds. The van der Waals surface area contributed by atoms with Gasteiger partial charge in [0.2, 0.25) is 5.95 Å². The van der Waals surface area contributed by atoms with Gasteiger partial charge >= 0.3 is 0 Å². The molecule has 0 unspecified atom stereocenters. The van der Waals surface area contributed by atoms with E-state index in [0.29, 0.717) is 30.6 Å². The van der Waals surface area contributed by atoms with Crippen molar-refractivity contribution < 1.29 is 17.9 Å². The number of hydrogen-bond acceptors (Lipinski definition) is 7. The van der Waals surface area contributed by atoms with Gasteiger partial charge in [-0.05, 0) is 30.7 Å². The second-order valence-electron chi connectivity index (χ2n) is 5.61. The molecule has 1 saturated heterocycles. The molecule has 2 aromatic rings. The molecule has 8 nitrogen and oxygen atoms in total. The van der Waals surface area contributed by atoms with E-state index in [1.165, 1.54) is 18.5 Å². The summed E-state index contributed by atoms with van der Waals surface area (Å²) < 4.78 is 37.9. The van der Waals surface area contributed by atoms with Gasteiger partial charge in [0.15, 0.2) is 0 Å². The second kappa shape index (κ2) is 7.24. The highest BCUT2D eigenvalue weighted by Crippen LogP contribution is 2.23. The highest BCUT2D eigenvalue weighted by Gasteiger charge is 2.17. The fourth-order valence-corrected chi connectivity index (χ4v) is 3.65. The highest BCUT2D eigenvalue weighted by molar-refractivity contribution is 7.92. The Kier molecular flexibility index (Phi) is 5.05. The van der Waals surface area contributed by atoms with E-state index in [-0.39, 0.29) is 4.90 Å². The SMILES string of the molecule is COc1ccc(S(=O)(=O)Nc2cnc(N3CCOCC3)nc2)cc1C. The lowest BCUT2D eigenvalue weighted by atomic mass is 10.2. The van der Waals surface area contributed by atoms with E-state index >= 15 is 0 Å². The molecule has 9 heteroatoms. The van der Waals surface area contributed by atoms with Crippen molar-refractivity contribution in [2.24, 2.45) is 0 Å². The third kappa shape index (κ3) is 3.99. The lowest BCUT2D eigenvalue weighted by Crippen LogP contribution is -2.37. The number of ether oxygens (including phenoxy) is 2. The predicted molar refractivity (Wildman–Crippen MR) is 93.6 cm³/mol. The van der Waals surface area contributed by atoms with Gasteiger partial charge in [0, 0.05) is 13.1 Å². The van der Waals surface area contributed by atoms with Crippen LogP contribution in [0.1, 0.15) is 5.56 Å². The molecule has 1 aliphatic heterocycles. The first-order valence-electron chi connectivity index (χ1n) is 7.82. The first-order chi connectivity index (χ1) is 12.0. The van der Waals surface area contributed by atoms with Crippen molar-refractivity contribution >= 4 is 21.7 Å². The number of morpholine rings is 1. The van der Waals surface area contributed by atoms with Crippen LogP contribution in [-0.4, -0.2) is 51.8 Å². The van der Waals surface area contributed by atoms with Crippen LogP contribution in [0.25, 0.3) is 0 Å². The lowest BCUT2D eigenvalue weighted by molar-refractivity contribution is 0.122. The van der Waals surface area contributed by atoms with Crippen LogP contribution in [0.3, 0.4) is 0 Å². The molecule has 0 radical (unpaired) electrons. The molecule has 0 bridgehead atoms. The minimum absolute atomic E-state index is 0.156. The smallest absolute Gasteiger partial charge is 0.262 e. The molecule has 2 heterocycles. The third-order valence-corrected chi connectivity index (χ3v) is 5.24. The van der Waals surface area contributed by atoms with Crippen molar-refractivity contribution in [2.45, 2.75) is 11.8 Å². The van der Waals surface area contributed by atoms with Gasteiger partial charge in [0.25, 0.3) is 10.0 Å². The molecule has 1 aliphatic rings. The van der Waals surface area contributed by atoms with E-state index in [0.717, 1.165) is 18.7 Å². The number of nitrogens with zero attached hydrogens (tertiary/aromatic N) is 3. The van der Waals surface area contributed by atoms with Crippen molar-refractivity contribution in [3.63, 3.8) is 0 Å². The van der Waals surface area contributed by atoms with Gasteiger partial charge in [-0.2, -0.15) is 0 Å². The number of methoxy groups -OCH3 is 1. The Labute approximate surface area is 146 Å². The minimum Gasteiger partial charge on any atom is -0.496 e. The monoisotopic (exact) mass is 364 g/mol. The van der Waals surface area contributed by atoms with Crippen LogP contribution in [-0.2, 0) is 14.8 Å². The van der Waals surface area contributed by atoms with Gasteiger partial charge in [-0.1, -0.05) is 0 Å². The summed E-state index contributed by atoms with van der Waals surface area (Å²) in [6, 6.07) is 4.68. The van der Waals surface area contributed by atoms with Crippen LogP contribution in [0.15, 0.2) is 35.5 Å². The molecule has 0 atom stereocenters. The molecule has 1 aromatic carbocycles. The molecule has 1 fully saturated rings. The number of aromatic nitrogens is 2. The molecule has 1 aromatic heterocycles. The summed E-state index contributed by atoms with van der Waals surface area (Å²) >= 11 is 0. The van der Waals surface area contributed by atoms with Gasteiger partial charge < -0.3 is 14.4 Å². The molecular weight excluding hydrogens is 344 g/mol. The van der Waals surface area contributed by atoms with Crippen molar-refractivity contribution in [2.75, 3.05) is 43.0 Å². The summed E-state index contributed by atoms with van der Waals surface area (Å²) in [7, 11) is -2.17. The van der Waals surface area contributed by atoms with E-state index in [1.807, 2.05) is 4.90 Å². The van der Waals surface area contributed by atoms with Crippen molar-refractivity contribution in [3.05, 3.63) is 36.2 Å². The largest absolute Gasteiger partial charge is 0.496 e. The zero-order valence-electron chi connectivity index (χ0n) is 14.1. The van der Waals surface area contributed by atoms with E-state index in [4.69, 9.17) is 9.47 Å².